The van der Waals surface area contributed by atoms with E-state index in [0.29, 0.717) is 18.1 Å². The molecule has 2 aliphatic rings. The van der Waals surface area contributed by atoms with Gasteiger partial charge in [-0.2, -0.15) is 0 Å². The molecule has 10 heteroatoms. The van der Waals surface area contributed by atoms with Crippen molar-refractivity contribution in [2.24, 2.45) is 7.05 Å². The molecule has 4 rings (SSSR count). The summed E-state index contributed by atoms with van der Waals surface area (Å²) < 4.78 is 2.74. The zero-order valence-electron chi connectivity index (χ0n) is 17.3. The van der Waals surface area contributed by atoms with E-state index in [1.165, 1.54) is 7.05 Å². The third-order valence-corrected chi connectivity index (χ3v) is 6.12. The lowest BCUT2D eigenvalue weighted by Crippen LogP contribution is -2.44. The molecule has 0 bridgehead atoms. The average Bonchev–Trinajstić information content (AvgIpc) is 3.26. The molecule has 0 unspecified atom stereocenters. The van der Waals surface area contributed by atoms with Gasteiger partial charge in [0.15, 0.2) is 11.2 Å². The van der Waals surface area contributed by atoms with Gasteiger partial charge in [-0.3, -0.25) is 13.9 Å². The van der Waals surface area contributed by atoms with E-state index in [1.54, 1.807) is 4.57 Å². The van der Waals surface area contributed by atoms with Gasteiger partial charge >= 0.3 is 5.69 Å². The smallest absolute Gasteiger partial charge is 0.332 e. The Morgan fingerprint density at radius 1 is 1.03 bits per heavy atom. The third-order valence-electron chi connectivity index (χ3n) is 6.12. The van der Waals surface area contributed by atoms with Crippen molar-refractivity contribution in [1.29, 1.82) is 0 Å². The first-order valence-corrected chi connectivity index (χ1v) is 10.6. The van der Waals surface area contributed by atoms with Crippen molar-refractivity contribution in [2.45, 2.75) is 38.1 Å². The summed E-state index contributed by atoms with van der Waals surface area (Å²) in [4.78, 5) is 34.5. The van der Waals surface area contributed by atoms with Gasteiger partial charge in [0.2, 0.25) is 5.95 Å². The number of nitrogens with one attached hydrogen (secondary N) is 1. The molecule has 10 nitrogen and oxygen atoms in total. The molecular formula is C19H30N8O2. The third kappa shape index (κ3) is 4.18. The predicted octanol–water partition coefficient (Wildman–Crippen LogP) is 0.0497. The quantitative estimate of drug-likeness (QED) is 0.677. The second kappa shape index (κ2) is 8.58. The minimum atomic E-state index is -0.422. The Bertz CT molecular complexity index is 971. The molecular weight excluding hydrogens is 372 g/mol. The molecule has 1 aliphatic heterocycles. The number of likely N-dealkylation sites (N-methyl/N-ethyl adjacent to an activating group) is 1. The number of aromatic nitrogens is 5. The Hall–Kier alpha value is -2.33. The van der Waals surface area contributed by atoms with Gasteiger partial charge in [0.1, 0.15) is 0 Å². The summed E-state index contributed by atoms with van der Waals surface area (Å²) in [6.45, 7) is 6.14. The van der Waals surface area contributed by atoms with Crippen LogP contribution in [-0.4, -0.2) is 80.4 Å². The molecule has 158 valence electrons. The fraction of sp³-hybridized carbons (Fsp3) is 0.737. The van der Waals surface area contributed by atoms with Gasteiger partial charge in [0.05, 0.1) is 0 Å². The number of hydrogen-bond donors (Lipinski definition) is 1. The van der Waals surface area contributed by atoms with Gasteiger partial charge in [-0.25, -0.2) is 9.78 Å². The van der Waals surface area contributed by atoms with Gasteiger partial charge in [-0.1, -0.05) is 12.8 Å². The second-order valence-corrected chi connectivity index (χ2v) is 8.19. The maximum atomic E-state index is 12.7. The zero-order valence-corrected chi connectivity index (χ0v) is 17.3. The minimum Gasteiger partial charge on any atom is -0.353 e. The summed E-state index contributed by atoms with van der Waals surface area (Å²) in [5, 5.41) is 11.5. The van der Waals surface area contributed by atoms with Crippen molar-refractivity contribution >= 4 is 17.1 Å². The van der Waals surface area contributed by atoms with E-state index >= 15 is 0 Å². The molecule has 1 saturated heterocycles. The topological polar surface area (TPSA) is 101 Å². The lowest BCUT2D eigenvalue weighted by atomic mass is 10.2. The van der Waals surface area contributed by atoms with Crippen molar-refractivity contribution < 1.29 is 0 Å². The highest BCUT2D eigenvalue weighted by molar-refractivity contribution is 5.69. The Labute approximate surface area is 169 Å². The van der Waals surface area contributed by atoms with Crippen LogP contribution in [0.25, 0.3) is 11.2 Å². The van der Waals surface area contributed by atoms with E-state index < -0.39 is 5.56 Å². The molecule has 0 amide bonds. The summed E-state index contributed by atoms with van der Waals surface area (Å²) in [6.07, 6.45) is 4.96. The molecule has 0 spiro atoms. The Balaban J connectivity index is 1.47. The molecule has 0 radical (unpaired) electrons. The van der Waals surface area contributed by atoms with Gasteiger partial charge in [0, 0.05) is 45.8 Å². The molecule has 29 heavy (non-hydrogen) atoms. The van der Waals surface area contributed by atoms with E-state index in [4.69, 9.17) is 0 Å². The van der Waals surface area contributed by atoms with Crippen LogP contribution in [0.4, 0.5) is 5.95 Å². The number of fused-ring (bicyclic) bond motifs is 1. The van der Waals surface area contributed by atoms with Crippen molar-refractivity contribution in [3.63, 3.8) is 0 Å². The first-order chi connectivity index (χ1) is 14.0. The SMILES string of the molecule is CN1CCN(CCCNc2nnc3c(n2)c(=O)n(C)c(=O)n3C2CCCC2)CC1. The van der Waals surface area contributed by atoms with E-state index in [0.717, 1.165) is 69.4 Å². The van der Waals surface area contributed by atoms with Crippen LogP contribution in [0.3, 0.4) is 0 Å². The van der Waals surface area contributed by atoms with Crippen LogP contribution in [0.5, 0.6) is 0 Å². The molecule has 1 saturated carbocycles. The zero-order chi connectivity index (χ0) is 20.4. The van der Waals surface area contributed by atoms with E-state index in [-0.39, 0.29) is 17.2 Å². The highest BCUT2D eigenvalue weighted by atomic mass is 16.2. The number of rotatable bonds is 6. The van der Waals surface area contributed by atoms with Gasteiger partial charge in [-0.15, -0.1) is 10.2 Å². The average molecular weight is 403 g/mol. The monoisotopic (exact) mass is 402 g/mol. The molecule has 2 fully saturated rings. The first kappa shape index (κ1) is 20.0. The van der Waals surface area contributed by atoms with Crippen molar-refractivity contribution in [1.82, 2.24) is 34.1 Å². The molecule has 0 atom stereocenters. The second-order valence-electron chi connectivity index (χ2n) is 8.19. The van der Waals surface area contributed by atoms with Crippen LogP contribution in [0.2, 0.25) is 0 Å². The van der Waals surface area contributed by atoms with Crippen LogP contribution in [0.15, 0.2) is 9.59 Å². The Morgan fingerprint density at radius 3 is 2.48 bits per heavy atom. The molecule has 2 aromatic rings. The number of nitrogens with zero attached hydrogens (tertiary/aromatic N) is 7. The molecule has 0 aromatic carbocycles. The maximum Gasteiger partial charge on any atom is 0.332 e. The molecule has 1 N–H and O–H groups in total. The molecule has 3 heterocycles. The van der Waals surface area contributed by atoms with Crippen LogP contribution in [0, 0.1) is 0 Å². The highest BCUT2D eigenvalue weighted by Gasteiger charge is 2.24. The summed E-state index contributed by atoms with van der Waals surface area (Å²) in [7, 11) is 3.65. The number of piperazine rings is 1. The van der Waals surface area contributed by atoms with E-state index in [9.17, 15) is 9.59 Å². The first-order valence-electron chi connectivity index (χ1n) is 10.6. The van der Waals surface area contributed by atoms with Crippen molar-refractivity contribution in [2.75, 3.05) is 51.6 Å². The lowest BCUT2D eigenvalue weighted by Gasteiger charge is -2.32. The largest absolute Gasteiger partial charge is 0.353 e. The molecule has 1 aliphatic carbocycles. The fourth-order valence-corrected chi connectivity index (χ4v) is 4.26. The standard InChI is InChI=1S/C19H30N8O2/c1-24-10-12-26(13-11-24)9-5-8-20-18-21-15-16(22-23-18)27(14-6-3-4-7-14)19(29)25(2)17(15)28/h14H,3-13H2,1-2H3,(H,20,21,23). The number of hydrogen-bond acceptors (Lipinski definition) is 8. The van der Waals surface area contributed by atoms with Gasteiger partial charge in [-0.05, 0) is 32.9 Å². The summed E-state index contributed by atoms with van der Waals surface area (Å²) >= 11 is 0. The fourth-order valence-electron chi connectivity index (χ4n) is 4.26. The lowest BCUT2D eigenvalue weighted by molar-refractivity contribution is 0.154. The summed E-state index contributed by atoms with van der Waals surface area (Å²) in [5.74, 6) is 0.338. The molecule has 2 aromatic heterocycles. The summed E-state index contributed by atoms with van der Waals surface area (Å²) in [5.41, 5.74) is -0.253. The summed E-state index contributed by atoms with van der Waals surface area (Å²) in [6, 6.07) is 0.0651. The van der Waals surface area contributed by atoms with E-state index in [1.807, 2.05) is 0 Å². The van der Waals surface area contributed by atoms with Crippen molar-refractivity contribution in [3.05, 3.63) is 20.8 Å². The Morgan fingerprint density at radius 2 is 1.76 bits per heavy atom. The predicted molar refractivity (Wildman–Crippen MR) is 111 cm³/mol. The van der Waals surface area contributed by atoms with Crippen LogP contribution < -0.4 is 16.6 Å². The van der Waals surface area contributed by atoms with E-state index in [2.05, 4.69) is 37.3 Å². The maximum absolute atomic E-state index is 12.7. The number of anilines is 1. The Kier molecular flexibility index (Phi) is 5.91. The van der Waals surface area contributed by atoms with Crippen molar-refractivity contribution in [3.8, 4) is 0 Å². The van der Waals surface area contributed by atoms with Crippen LogP contribution in [0.1, 0.15) is 38.1 Å². The minimum absolute atomic E-state index is 0.0651. The van der Waals surface area contributed by atoms with Gasteiger partial charge < -0.3 is 15.1 Å². The highest BCUT2D eigenvalue weighted by Crippen LogP contribution is 2.29. The van der Waals surface area contributed by atoms with Crippen LogP contribution in [-0.2, 0) is 7.05 Å². The van der Waals surface area contributed by atoms with Crippen LogP contribution >= 0.6 is 0 Å². The van der Waals surface area contributed by atoms with Gasteiger partial charge in [0.25, 0.3) is 5.56 Å². The normalized spacial score (nSPS) is 19.2.